The Balaban J connectivity index is 1.46. The smallest absolute Gasteiger partial charge is 0.437 e. The van der Waals surface area contributed by atoms with Gasteiger partial charge in [0.15, 0.2) is 5.76 Å². The molecule has 4 rings (SSSR count). The van der Waals surface area contributed by atoms with Crippen LogP contribution in [-0.4, -0.2) is 22.8 Å². The summed E-state index contributed by atoms with van der Waals surface area (Å²) in [6.45, 7) is -0.220. The van der Waals surface area contributed by atoms with E-state index in [4.69, 9.17) is 13.6 Å². The number of benzene rings is 1. The Hall–Kier alpha value is -3.29. The second-order valence-corrected chi connectivity index (χ2v) is 6.46. The van der Waals surface area contributed by atoms with Crippen LogP contribution in [0, 0.1) is 5.92 Å². The molecule has 0 spiro atoms. The molecule has 8 heteroatoms. The van der Waals surface area contributed by atoms with Crippen molar-refractivity contribution in [2.75, 3.05) is 7.11 Å². The number of nitrogens with zero attached hydrogens (tertiary/aromatic N) is 2. The van der Waals surface area contributed by atoms with Crippen molar-refractivity contribution in [2.45, 2.75) is 25.4 Å². The summed E-state index contributed by atoms with van der Waals surface area (Å²) >= 11 is 0. The molecule has 1 aliphatic rings. The number of furan rings is 1. The van der Waals surface area contributed by atoms with Crippen LogP contribution in [0.3, 0.4) is 0 Å². The van der Waals surface area contributed by atoms with Crippen LogP contribution in [0.15, 0.2) is 56.3 Å². The van der Waals surface area contributed by atoms with Gasteiger partial charge in [0.2, 0.25) is 5.91 Å². The number of hydrogen-bond acceptors (Lipinski definition) is 6. The minimum Gasteiger partial charge on any atom is -0.497 e. The van der Waals surface area contributed by atoms with Crippen molar-refractivity contribution in [2.24, 2.45) is 5.92 Å². The lowest BCUT2D eigenvalue weighted by atomic mass is 10.0. The molecule has 0 aliphatic heterocycles. The lowest BCUT2D eigenvalue weighted by Gasteiger charge is -2.19. The second-order valence-electron chi connectivity index (χ2n) is 6.46. The third-order valence-electron chi connectivity index (χ3n) is 4.52. The molecule has 0 saturated heterocycles. The van der Waals surface area contributed by atoms with Crippen LogP contribution < -0.4 is 15.8 Å². The van der Waals surface area contributed by atoms with Gasteiger partial charge in [0.05, 0.1) is 19.4 Å². The molecule has 0 radical (unpaired) electrons. The Kier molecular flexibility index (Phi) is 4.53. The number of hydrogen-bond donors (Lipinski definition) is 1. The number of methoxy groups -OCH3 is 1. The normalized spacial score (nSPS) is 14.7. The number of amides is 1. The van der Waals surface area contributed by atoms with E-state index in [1.54, 1.807) is 19.2 Å². The van der Waals surface area contributed by atoms with Gasteiger partial charge in [-0.3, -0.25) is 4.79 Å². The fourth-order valence-electron chi connectivity index (χ4n) is 2.98. The van der Waals surface area contributed by atoms with Crippen molar-refractivity contribution in [1.82, 2.24) is 15.1 Å². The number of nitrogens with one attached hydrogen (secondary N) is 1. The summed E-state index contributed by atoms with van der Waals surface area (Å²) in [5.74, 6) is 0.536. The number of rotatable bonds is 7. The molecule has 3 aromatic rings. The van der Waals surface area contributed by atoms with Crippen molar-refractivity contribution in [3.05, 3.63) is 58.8 Å². The van der Waals surface area contributed by atoms with Gasteiger partial charge in [0.1, 0.15) is 12.3 Å². The van der Waals surface area contributed by atoms with Crippen LogP contribution in [-0.2, 0) is 11.3 Å². The molecule has 8 nitrogen and oxygen atoms in total. The molecule has 1 atom stereocenters. The molecule has 2 aromatic heterocycles. The van der Waals surface area contributed by atoms with E-state index in [2.05, 4.69) is 10.4 Å². The standard InChI is InChI=1S/C19H19N3O5/c1-25-14-8-6-13(7-9-14)17(12-4-5-12)20-16(23)11-22-19(24)27-18(21-22)15-3-2-10-26-15/h2-3,6-10,12,17H,4-5,11H2,1H3,(H,20,23). The van der Waals surface area contributed by atoms with Gasteiger partial charge in [-0.15, -0.1) is 5.10 Å². The fourth-order valence-corrected chi connectivity index (χ4v) is 2.98. The molecule has 2 heterocycles. The molecule has 1 aromatic carbocycles. The van der Waals surface area contributed by atoms with E-state index in [1.807, 2.05) is 24.3 Å². The summed E-state index contributed by atoms with van der Waals surface area (Å²) < 4.78 is 16.4. The number of carbonyl (C=O) groups is 1. The first kappa shape index (κ1) is 17.1. The molecule has 140 valence electrons. The third-order valence-corrected chi connectivity index (χ3v) is 4.52. The molecular weight excluding hydrogens is 350 g/mol. The number of aromatic nitrogens is 2. The average molecular weight is 369 g/mol. The van der Waals surface area contributed by atoms with Crippen LogP contribution >= 0.6 is 0 Å². The van der Waals surface area contributed by atoms with Crippen molar-refractivity contribution < 1.29 is 18.4 Å². The van der Waals surface area contributed by atoms with E-state index in [1.165, 1.54) is 6.26 Å². The highest BCUT2D eigenvalue weighted by molar-refractivity contribution is 5.76. The van der Waals surface area contributed by atoms with E-state index in [0.29, 0.717) is 11.7 Å². The van der Waals surface area contributed by atoms with Crippen LogP contribution in [0.5, 0.6) is 5.75 Å². The summed E-state index contributed by atoms with van der Waals surface area (Å²) in [6.07, 6.45) is 3.57. The van der Waals surface area contributed by atoms with E-state index < -0.39 is 5.76 Å². The van der Waals surface area contributed by atoms with Gasteiger partial charge in [-0.25, -0.2) is 4.79 Å². The topological polar surface area (TPSA) is 99.5 Å². The Morgan fingerprint density at radius 1 is 1.33 bits per heavy atom. The summed E-state index contributed by atoms with van der Waals surface area (Å²) in [5, 5.41) is 7.03. The van der Waals surface area contributed by atoms with Crippen molar-refractivity contribution in [3.63, 3.8) is 0 Å². The Labute approximate surface area is 154 Å². The van der Waals surface area contributed by atoms with Crippen LogP contribution in [0.2, 0.25) is 0 Å². The summed E-state index contributed by atoms with van der Waals surface area (Å²) in [7, 11) is 1.61. The van der Waals surface area contributed by atoms with Gasteiger partial charge in [-0.2, -0.15) is 4.68 Å². The molecule has 0 bridgehead atoms. The maximum Gasteiger partial charge on any atom is 0.437 e. The highest BCUT2D eigenvalue weighted by Crippen LogP contribution is 2.41. The first-order chi connectivity index (χ1) is 13.1. The zero-order valence-corrected chi connectivity index (χ0v) is 14.8. The highest BCUT2D eigenvalue weighted by Gasteiger charge is 2.33. The van der Waals surface area contributed by atoms with Gasteiger partial charge < -0.3 is 18.9 Å². The van der Waals surface area contributed by atoms with E-state index >= 15 is 0 Å². The molecule has 1 fully saturated rings. The maximum atomic E-state index is 12.5. The van der Waals surface area contributed by atoms with Gasteiger partial charge >= 0.3 is 5.76 Å². The fraction of sp³-hybridized carbons (Fsp3) is 0.316. The van der Waals surface area contributed by atoms with E-state index in [0.717, 1.165) is 28.8 Å². The molecule has 1 unspecified atom stereocenters. The van der Waals surface area contributed by atoms with Gasteiger partial charge in [-0.1, -0.05) is 12.1 Å². The first-order valence-electron chi connectivity index (χ1n) is 8.69. The Morgan fingerprint density at radius 2 is 2.11 bits per heavy atom. The molecular formula is C19H19N3O5. The van der Waals surface area contributed by atoms with E-state index in [-0.39, 0.29) is 24.4 Å². The zero-order chi connectivity index (χ0) is 18.8. The summed E-state index contributed by atoms with van der Waals surface area (Å²) in [6, 6.07) is 10.8. The Bertz CT molecular complexity index is 968. The van der Waals surface area contributed by atoms with Crippen molar-refractivity contribution >= 4 is 5.91 Å². The monoisotopic (exact) mass is 369 g/mol. The zero-order valence-electron chi connectivity index (χ0n) is 14.8. The largest absolute Gasteiger partial charge is 0.497 e. The second kappa shape index (κ2) is 7.14. The van der Waals surface area contributed by atoms with Crippen molar-refractivity contribution in [3.8, 4) is 17.4 Å². The summed E-state index contributed by atoms with van der Waals surface area (Å²) in [4.78, 5) is 24.4. The number of ether oxygens (including phenoxy) is 1. The van der Waals surface area contributed by atoms with Gasteiger partial charge in [0.25, 0.3) is 5.89 Å². The molecule has 1 N–H and O–H groups in total. The molecule has 1 aliphatic carbocycles. The van der Waals surface area contributed by atoms with Gasteiger partial charge in [-0.05, 0) is 48.6 Å². The highest BCUT2D eigenvalue weighted by atomic mass is 16.5. The van der Waals surface area contributed by atoms with Crippen molar-refractivity contribution in [1.29, 1.82) is 0 Å². The van der Waals surface area contributed by atoms with Crippen LogP contribution in [0.1, 0.15) is 24.4 Å². The minimum atomic E-state index is -0.705. The third kappa shape index (κ3) is 3.79. The van der Waals surface area contributed by atoms with Crippen LogP contribution in [0.4, 0.5) is 0 Å². The molecule has 27 heavy (non-hydrogen) atoms. The lowest BCUT2D eigenvalue weighted by molar-refractivity contribution is -0.122. The van der Waals surface area contributed by atoms with Gasteiger partial charge in [0, 0.05) is 0 Å². The average Bonchev–Trinajstić information content (AvgIpc) is 3.24. The van der Waals surface area contributed by atoms with E-state index in [9.17, 15) is 9.59 Å². The SMILES string of the molecule is COc1ccc(C(NC(=O)Cn2nc(-c3ccco3)oc2=O)C2CC2)cc1. The Morgan fingerprint density at radius 3 is 2.74 bits per heavy atom. The predicted molar refractivity (Wildman–Crippen MR) is 95.1 cm³/mol. The minimum absolute atomic E-state index is 0.0479. The van der Waals surface area contributed by atoms with Crippen LogP contribution in [0.25, 0.3) is 11.7 Å². The maximum absolute atomic E-state index is 12.5. The number of carbonyl (C=O) groups excluding carboxylic acids is 1. The predicted octanol–water partition coefficient (Wildman–Crippen LogP) is 2.37. The quantitative estimate of drug-likeness (QED) is 0.686. The summed E-state index contributed by atoms with van der Waals surface area (Å²) in [5.41, 5.74) is 1.01. The molecule has 1 amide bonds. The lowest BCUT2D eigenvalue weighted by Crippen LogP contribution is -2.35. The first-order valence-corrected chi connectivity index (χ1v) is 8.69. The molecule has 1 saturated carbocycles.